The lowest BCUT2D eigenvalue weighted by Gasteiger charge is -2.14. The molecule has 0 saturated heterocycles. The van der Waals surface area contributed by atoms with E-state index in [0.717, 1.165) is 19.4 Å². The van der Waals surface area contributed by atoms with Crippen molar-refractivity contribution in [1.82, 2.24) is 5.32 Å². The van der Waals surface area contributed by atoms with E-state index in [1.807, 2.05) is 0 Å². The highest BCUT2D eigenvalue weighted by molar-refractivity contribution is 5.85. The zero-order chi connectivity index (χ0) is 13.1. The number of hydrogen-bond donors (Lipinski definition) is 4. The van der Waals surface area contributed by atoms with E-state index in [0.29, 0.717) is 0 Å². The van der Waals surface area contributed by atoms with Gasteiger partial charge in [-0.1, -0.05) is 32.6 Å². The Bertz CT molecular complexity index is 199. The minimum Gasteiger partial charge on any atom is -0.394 e. The lowest BCUT2D eigenvalue weighted by Crippen LogP contribution is -2.41. The van der Waals surface area contributed by atoms with Gasteiger partial charge >= 0.3 is 0 Å². The van der Waals surface area contributed by atoms with Crippen molar-refractivity contribution in [1.29, 1.82) is 0 Å². The number of hydrogen-bond acceptors (Lipinski definition) is 5. The van der Waals surface area contributed by atoms with Gasteiger partial charge in [-0.3, -0.25) is 4.79 Å². The second kappa shape index (κ2) is 10.7. The van der Waals surface area contributed by atoms with Crippen molar-refractivity contribution in [2.24, 2.45) is 0 Å². The summed E-state index contributed by atoms with van der Waals surface area (Å²) >= 11 is 0. The molecule has 0 rings (SSSR count). The maximum absolute atomic E-state index is 11.3. The number of aliphatic hydroxyl groups is 3. The minimum atomic E-state index is -1.49. The van der Waals surface area contributed by atoms with Gasteiger partial charge < -0.3 is 20.6 Å². The highest BCUT2D eigenvalue weighted by Crippen LogP contribution is 2.01. The lowest BCUT2D eigenvalue weighted by molar-refractivity contribution is -0.133. The molecule has 0 saturated carbocycles. The SMILES string of the molecule is CCCCCCCNCC(=O)C(O)C(O)CO. The van der Waals surface area contributed by atoms with Gasteiger partial charge in [-0.2, -0.15) is 0 Å². The largest absolute Gasteiger partial charge is 0.394 e. The fraction of sp³-hybridized carbons (Fsp3) is 0.917. The third kappa shape index (κ3) is 8.26. The number of ketones is 1. The molecule has 0 aromatic carbocycles. The van der Waals surface area contributed by atoms with Crippen LogP contribution < -0.4 is 5.32 Å². The molecule has 5 heteroatoms. The molecule has 5 nitrogen and oxygen atoms in total. The number of aliphatic hydroxyl groups excluding tert-OH is 3. The van der Waals surface area contributed by atoms with Crippen LogP contribution in [0.2, 0.25) is 0 Å². The molecular weight excluding hydrogens is 222 g/mol. The molecule has 0 aliphatic heterocycles. The third-order valence-electron chi connectivity index (χ3n) is 2.64. The number of rotatable bonds is 11. The van der Waals surface area contributed by atoms with Gasteiger partial charge in [-0.05, 0) is 13.0 Å². The second-order valence-electron chi connectivity index (χ2n) is 4.25. The molecule has 0 bridgehead atoms. The predicted octanol–water partition coefficient (Wildman–Crippen LogP) is -0.170. The quantitative estimate of drug-likeness (QED) is 0.381. The van der Waals surface area contributed by atoms with Gasteiger partial charge in [0.2, 0.25) is 0 Å². The molecule has 0 aromatic heterocycles. The minimum absolute atomic E-state index is 0.0337. The molecule has 0 aromatic rings. The first-order valence-electron chi connectivity index (χ1n) is 6.33. The van der Waals surface area contributed by atoms with Gasteiger partial charge in [-0.15, -0.1) is 0 Å². The van der Waals surface area contributed by atoms with Crippen molar-refractivity contribution in [3.05, 3.63) is 0 Å². The monoisotopic (exact) mass is 247 g/mol. The Labute approximate surface area is 103 Å². The van der Waals surface area contributed by atoms with Crippen molar-refractivity contribution in [3.8, 4) is 0 Å². The number of unbranched alkanes of at least 4 members (excludes halogenated alkanes) is 4. The van der Waals surface area contributed by atoms with Crippen molar-refractivity contribution in [2.45, 2.75) is 51.2 Å². The molecular formula is C12H25NO4. The Morgan fingerprint density at radius 2 is 1.82 bits per heavy atom. The van der Waals surface area contributed by atoms with Crippen LogP contribution in [0, 0.1) is 0 Å². The summed E-state index contributed by atoms with van der Waals surface area (Å²) in [7, 11) is 0. The molecule has 0 heterocycles. The van der Waals surface area contributed by atoms with Crippen LogP contribution in [0.3, 0.4) is 0 Å². The van der Waals surface area contributed by atoms with E-state index in [4.69, 9.17) is 10.2 Å². The first-order chi connectivity index (χ1) is 8.13. The van der Waals surface area contributed by atoms with Crippen LogP contribution >= 0.6 is 0 Å². The van der Waals surface area contributed by atoms with E-state index in [2.05, 4.69) is 12.2 Å². The van der Waals surface area contributed by atoms with Crippen LogP contribution in [0.5, 0.6) is 0 Å². The maximum atomic E-state index is 11.3. The predicted molar refractivity (Wildman–Crippen MR) is 65.7 cm³/mol. The van der Waals surface area contributed by atoms with Crippen LogP contribution in [-0.4, -0.2) is 53.0 Å². The summed E-state index contributed by atoms with van der Waals surface area (Å²) in [5.41, 5.74) is 0. The third-order valence-corrected chi connectivity index (χ3v) is 2.64. The Kier molecular flexibility index (Phi) is 10.3. The highest BCUT2D eigenvalue weighted by atomic mass is 16.4. The molecule has 17 heavy (non-hydrogen) atoms. The van der Waals surface area contributed by atoms with Crippen LogP contribution in [0.1, 0.15) is 39.0 Å². The molecule has 0 aliphatic carbocycles. The number of nitrogens with one attached hydrogen (secondary N) is 1. The summed E-state index contributed by atoms with van der Waals surface area (Å²) in [6.07, 6.45) is 2.92. The summed E-state index contributed by atoms with van der Waals surface area (Å²) < 4.78 is 0. The van der Waals surface area contributed by atoms with E-state index in [9.17, 15) is 9.90 Å². The highest BCUT2D eigenvalue weighted by Gasteiger charge is 2.22. The van der Waals surface area contributed by atoms with E-state index in [1.54, 1.807) is 0 Å². The molecule has 4 N–H and O–H groups in total. The summed E-state index contributed by atoms with van der Waals surface area (Å²) in [4.78, 5) is 11.3. The number of Topliss-reactive ketones (excluding diaryl/α,β-unsaturated/α-hetero) is 1. The summed E-state index contributed by atoms with van der Waals surface area (Å²) in [6, 6.07) is 0. The van der Waals surface area contributed by atoms with Crippen LogP contribution in [0.15, 0.2) is 0 Å². The molecule has 2 unspecified atom stereocenters. The summed E-state index contributed by atoms with van der Waals surface area (Å²) in [5.74, 6) is -0.486. The fourth-order valence-electron chi connectivity index (χ4n) is 1.48. The Morgan fingerprint density at radius 3 is 2.41 bits per heavy atom. The fourth-order valence-corrected chi connectivity index (χ4v) is 1.48. The molecule has 0 aliphatic rings. The lowest BCUT2D eigenvalue weighted by atomic mass is 10.1. The Balaban J connectivity index is 3.45. The normalized spacial score (nSPS) is 14.6. The Hall–Kier alpha value is -0.490. The van der Waals surface area contributed by atoms with Gasteiger partial charge in [0.25, 0.3) is 0 Å². The molecule has 0 fully saturated rings. The first kappa shape index (κ1) is 16.5. The maximum Gasteiger partial charge on any atom is 0.177 e. The van der Waals surface area contributed by atoms with Crippen molar-refractivity contribution >= 4 is 5.78 Å². The second-order valence-corrected chi connectivity index (χ2v) is 4.25. The van der Waals surface area contributed by atoms with E-state index in [-0.39, 0.29) is 6.54 Å². The van der Waals surface area contributed by atoms with Crippen molar-refractivity contribution < 1.29 is 20.1 Å². The van der Waals surface area contributed by atoms with Gasteiger partial charge in [0.1, 0.15) is 12.2 Å². The summed E-state index contributed by atoms with van der Waals surface area (Å²) in [5, 5.41) is 29.8. The summed E-state index contributed by atoms with van der Waals surface area (Å²) in [6.45, 7) is 2.32. The average molecular weight is 247 g/mol. The van der Waals surface area contributed by atoms with E-state index >= 15 is 0 Å². The molecule has 0 radical (unpaired) electrons. The van der Waals surface area contributed by atoms with Crippen LogP contribution in [-0.2, 0) is 4.79 Å². The van der Waals surface area contributed by atoms with Gasteiger partial charge in [0.05, 0.1) is 13.2 Å². The molecule has 102 valence electrons. The molecule has 0 spiro atoms. The number of carbonyl (C=O) groups is 1. The van der Waals surface area contributed by atoms with Crippen molar-refractivity contribution in [2.75, 3.05) is 19.7 Å². The van der Waals surface area contributed by atoms with Crippen LogP contribution in [0.25, 0.3) is 0 Å². The Morgan fingerprint density at radius 1 is 1.18 bits per heavy atom. The van der Waals surface area contributed by atoms with Gasteiger partial charge in [0.15, 0.2) is 5.78 Å². The van der Waals surface area contributed by atoms with Gasteiger partial charge in [-0.25, -0.2) is 0 Å². The molecule has 0 amide bonds. The zero-order valence-corrected chi connectivity index (χ0v) is 10.6. The average Bonchev–Trinajstić information content (AvgIpc) is 2.35. The zero-order valence-electron chi connectivity index (χ0n) is 10.6. The van der Waals surface area contributed by atoms with E-state index in [1.165, 1.54) is 19.3 Å². The standard InChI is InChI=1S/C12H25NO4/c1-2-3-4-5-6-7-13-8-10(15)12(17)11(16)9-14/h11-14,16-17H,2-9H2,1H3. The van der Waals surface area contributed by atoms with E-state index < -0.39 is 24.6 Å². The topological polar surface area (TPSA) is 89.8 Å². The van der Waals surface area contributed by atoms with Crippen molar-refractivity contribution in [3.63, 3.8) is 0 Å². The van der Waals surface area contributed by atoms with Crippen LogP contribution in [0.4, 0.5) is 0 Å². The number of carbonyl (C=O) groups excluding carboxylic acids is 1. The van der Waals surface area contributed by atoms with Gasteiger partial charge in [0, 0.05) is 0 Å². The molecule has 2 atom stereocenters. The first-order valence-corrected chi connectivity index (χ1v) is 6.33. The smallest absolute Gasteiger partial charge is 0.177 e.